The first-order valence-electron chi connectivity index (χ1n) is 12.5. The van der Waals surface area contributed by atoms with Gasteiger partial charge < -0.3 is 14.6 Å². The summed E-state index contributed by atoms with van der Waals surface area (Å²) < 4.78 is 11.5. The molecular weight excluding hydrogens is 458 g/mol. The highest BCUT2D eigenvalue weighted by molar-refractivity contribution is 5.97. The lowest BCUT2D eigenvalue weighted by atomic mass is 10.2. The molecule has 36 heavy (non-hydrogen) atoms. The van der Waals surface area contributed by atoms with Crippen molar-refractivity contribution in [3.05, 3.63) is 53.5 Å². The van der Waals surface area contributed by atoms with Gasteiger partial charge in [-0.2, -0.15) is 4.91 Å². The number of dihydropyridines is 1. The van der Waals surface area contributed by atoms with Crippen LogP contribution in [0.1, 0.15) is 19.8 Å². The van der Waals surface area contributed by atoms with Crippen molar-refractivity contribution >= 4 is 11.4 Å². The molecular formula is C27H41N5O4. The van der Waals surface area contributed by atoms with Gasteiger partial charge in [-0.1, -0.05) is 24.3 Å². The van der Waals surface area contributed by atoms with Gasteiger partial charge in [0.15, 0.2) is 0 Å². The van der Waals surface area contributed by atoms with E-state index >= 15 is 0 Å². The SMILES string of the molecule is CC/C=C\C(CN(C)CC(COc1ccc(OC[C@@H](O)CN(C)CC2=NCCC=C2)cc1)N=O)=NC. The predicted molar refractivity (Wildman–Crippen MR) is 147 cm³/mol. The van der Waals surface area contributed by atoms with Gasteiger partial charge in [0.25, 0.3) is 0 Å². The molecule has 9 nitrogen and oxygen atoms in total. The molecule has 0 aliphatic carbocycles. The van der Waals surface area contributed by atoms with Crippen molar-refractivity contribution in [2.24, 2.45) is 15.2 Å². The minimum Gasteiger partial charge on any atom is -0.491 e. The average molecular weight is 500 g/mol. The summed E-state index contributed by atoms with van der Waals surface area (Å²) in [4.78, 5) is 24.1. The average Bonchev–Trinajstić information content (AvgIpc) is 2.88. The van der Waals surface area contributed by atoms with Crippen LogP contribution in [0.15, 0.2) is 63.7 Å². The second-order valence-corrected chi connectivity index (χ2v) is 8.99. The van der Waals surface area contributed by atoms with Crippen LogP contribution in [0.3, 0.4) is 0 Å². The lowest BCUT2D eigenvalue weighted by Gasteiger charge is -2.21. The van der Waals surface area contributed by atoms with Gasteiger partial charge in [-0.25, -0.2) is 0 Å². The highest BCUT2D eigenvalue weighted by atomic mass is 16.5. The highest BCUT2D eigenvalue weighted by Crippen LogP contribution is 2.18. The van der Waals surface area contributed by atoms with Crippen LogP contribution in [0, 0.1) is 4.91 Å². The third-order valence-electron chi connectivity index (χ3n) is 5.52. The Kier molecular flexibility index (Phi) is 13.6. The lowest BCUT2D eigenvalue weighted by molar-refractivity contribution is 0.0805. The van der Waals surface area contributed by atoms with Crippen LogP contribution in [-0.2, 0) is 0 Å². The van der Waals surface area contributed by atoms with Crippen molar-refractivity contribution in [3.8, 4) is 11.5 Å². The van der Waals surface area contributed by atoms with Gasteiger partial charge in [-0.05, 0) is 63.4 Å². The molecule has 9 heteroatoms. The van der Waals surface area contributed by atoms with Crippen molar-refractivity contribution in [1.29, 1.82) is 0 Å². The third-order valence-corrected chi connectivity index (χ3v) is 5.52. The van der Waals surface area contributed by atoms with Crippen LogP contribution in [0.2, 0.25) is 0 Å². The number of nitroso groups, excluding NO2 is 1. The molecule has 1 aliphatic heterocycles. The predicted octanol–water partition coefficient (Wildman–Crippen LogP) is 3.24. The van der Waals surface area contributed by atoms with Crippen LogP contribution in [0.5, 0.6) is 11.5 Å². The number of allylic oxidation sites excluding steroid dienone is 1. The summed E-state index contributed by atoms with van der Waals surface area (Å²) in [5.41, 5.74) is 1.99. The summed E-state index contributed by atoms with van der Waals surface area (Å²) in [5, 5.41) is 13.5. The molecule has 0 fully saturated rings. The summed E-state index contributed by atoms with van der Waals surface area (Å²) in [5.74, 6) is 1.27. The van der Waals surface area contributed by atoms with E-state index < -0.39 is 12.1 Å². The molecule has 0 spiro atoms. The van der Waals surface area contributed by atoms with Gasteiger partial charge in [-0.3, -0.25) is 19.8 Å². The molecule has 1 aromatic carbocycles. The molecule has 0 radical (unpaired) electrons. The highest BCUT2D eigenvalue weighted by Gasteiger charge is 2.15. The Morgan fingerprint density at radius 2 is 1.83 bits per heavy atom. The molecule has 1 aliphatic rings. The standard InChI is InChI=1S/C27H41N5O4/c1-5-6-9-22(28-2)16-31(3)18-24(30-34)20-35-26-11-13-27(14-12-26)36-21-25(33)19-32(4)17-23-10-7-8-15-29-23/h6-7,9-14,24-25,33H,5,8,15-21H2,1-4H3/b9-6-,28-22?/t24?,25-/m0/s1. The Labute approximate surface area is 215 Å². The van der Waals surface area contributed by atoms with E-state index in [-0.39, 0.29) is 13.2 Å². The van der Waals surface area contributed by atoms with Gasteiger partial charge in [0, 0.05) is 51.2 Å². The third kappa shape index (κ3) is 11.7. The van der Waals surface area contributed by atoms with Gasteiger partial charge >= 0.3 is 0 Å². The van der Waals surface area contributed by atoms with E-state index in [0.717, 1.165) is 30.8 Å². The van der Waals surface area contributed by atoms with Crippen molar-refractivity contribution in [2.45, 2.75) is 31.9 Å². The van der Waals surface area contributed by atoms with Gasteiger partial charge in [-0.15, -0.1) is 0 Å². The van der Waals surface area contributed by atoms with E-state index in [9.17, 15) is 10.0 Å². The van der Waals surface area contributed by atoms with Crippen LogP contribution in [-0.4, -0.2) is 106 Å². The summed E-state index contributed by atoms with van der Waals surface area (Å²) >= 11 is 0. The van der Waals surface area contributed by atoms with Crippen LogP contribution in [0.4, 0.5) is 0 Å². The number of nitrogens with zero attached hydrogens (tertiary/aromatic N) is 5. The van der Waals surface area contributed by atoms with E-state index in [2.05, 4.69) is 34.2 Å². The van der Waals surface area contributed by atoms with Gasteiger partial charge in [0.05, 0.1) is 0 Å². The molecule has 0 bridgehead atoms. The number of hydrogen-bond donors (Lipinski definition) is 1. The number of likely N-dealkylation sites (N-methyl/N-ethyl adjacent to an activating group) is 2. The maximum atomic E-state index is 11.3. The van der Waals surface area contributed by atoms with E-state index in [4.69, 9.17) is 9.47 Å². The van der Waals surface area contributed by atoms with E-state index in [1.807, 2.05) is 36.0 Å². The zero-order valence-electron chi connectivity index (χ0n) is 22.0. The second kappa shape index (κ2) is 16.7. The van der Waals surface area contributed by atoms with Crippen LogP contribution in [0.25, 0.3) is 0 Å². The van der Waals surface area contributed by atoms with Crippen LogP contribution >= 0.6 is 0 Å². The minimum absolute atomic E-state index is 0.184. The van der Waals surface area contributed by atoms with E-state index in [1.165, 1.54) is 0 Å². The molecule has 2 atom stereocenters. The summed E-state index contributed by atoms with van der Waals surface area (Å²) in [6, 6.07) is 6.63. The van der Waals surface area contributed by atoms with Crippen molar-refractivity contribution in [3.63, 3.8) is 0 Å². The van der Waals surface area contributed by atoms with E-state index in [0.29, 0.717) is 37.7 Å². The molecule has 1 heterocycles. The minimum atomic E-state index is -0.619. The zero-order valence-corrected chi connectivity index (χ0v) is 22.0. The lowest BCUT2D eigenvalue weighted by Crippen LogP contribution is -2.36. The number of ether oxygens (including phenoxy) is 2. The number of rotatable bonds is 17. The Bertz CT molecular complexity index is 898. The summed E-state index contributed by atoms with van der Waals surface area (Å²) in [7, 11) is 5.65. The quantitative estimate of drug-likeness (QED) is 0.261. The molecule has 0 saturated carbocycles. The van der Waals surface area contributed by atoms with Crippen LogP contribution < -0.4 is 9.47 Å². The molecule has 198 valence electrons. The topological polar surface area (TPSA) is 99.3 Å². The molecule has 0 saturated heterocycles. The normalized spacial score (nSPS) is 15.9. The smallest absolute Gasteiger partial charge is 0.138 e. The van der Waals surface area contributed by atoms with Crippen molar-refractivity contribution in [2.75, 3.05) is 67.1 Å². The molecule has 0 amide bonds. The maximum absolute atomic E-state index is 11.3. The number of benzene rings is 1. The monoisotopic (exact) mass is 499 g/mol. The largest absolute Gasteiger partial charge is 0.491 e. The zero-order chi connectivity index (χ0) is 26.2. The summed E-state index contributed by atoms with van der Waals surface area (Å²) in [6.45, 7) is 5.58. The number of aliphatic hydroxyl groups excluding tert-OH is 1. The molecule has 1 N–H and O–H groups in total. The fourth-order valence-corrected chi connectivity index (χ4v) is 3.70. The Morgan fingerprint density at radius 3 is 2.42 bits per heavy atom. The number of aliphatic imine (C=N–C) groups is 2. The fourth-order valence-electron chi connectivity index (χ4n) is 3.70. The first-order valence-corrected chi connectivity index (χ1v) is 12.5. The number of aliphatic hydroxyl groups is 1. The molecule has 1 aromatic rings. The Balaban J connectivity index is 1.71. The molecule has 2 rings (SSSR count). The van der Waals surface area contributed by atoms with Crippen molar-refractivity contribution < 1.29 is 14.6 Å². The van der Waals surface area contributed by atoms with Gasteiger partial charge in [0.2, 0.25) is 0 Å². The van der Waals surface area contributed by atoms with E-state index in [1.54, 1.807) is 31.3 Å². The maximum Gasteiger partial charge on any atom is 0.138 e. The fraction of sp³-hybridized carbons (Fsp3) is 0.556. The Morgan fingerprint density at radius 1 is 1.14 bits per heavy atom. The first kappa shape index (κ1) is 29.4. The second-order valence-electron chi connectivity index (χ2n) is 8.99. The van der Waals surface area contributed by atoms with Crippen molar-refractivity contribution in [1.82, 2.24) is 9.80 Å². The van der Waals surface area contributed by atoms with Gasteiger partial charge in [0.1, 0.15) is 36.9 Å². The number of hydrogen-bond acceptors (Lipinski definition) is 9. The first-order chi connectivity index (χ1) is 17.4. The Hall–Kier alpha value is -2.88. The molecule has 1 unspecified atom stereocenters. The summed E-state index contributed by atoms with van der Waals surface area (Å²) in [6.07, 6.45) is 9.56. The molecule has 0 aromatic heterocycles.